The van der Waals surface area contributed by atoms with Gasteiger partial charge in [0.05, 0.1) is 11.5 Å². The average Bonchev–Trinajstić information content (AvgIpc) is 3.05. The monoisotopic (exact) mass is 281 g/mol. The van der Waals surface area contributed by atoms with Gasteiger partial charge in [-0.05, 0) is 19.3 Å². The van der Waals surface area contributed by atoms with Crippen molar-refractivity contribution in [3.05, 3.63) is 21.5 Å². The second-order valence-electron chi connectivity index (χ2n) is 4.89. The quantitative estimate of drug-likeness (QED) is 0.582. The predicted molar refractivity (Wildman–Crippen MR) is 71.6 cm³/mol. The van der Waals surface area contributed by atoms with Crippen LogP contribution in [0.3, 0.4) is 0 Å². The molecule has 0 saturated carbocycles. The van der Waals surface area contributed by atoms with Gasteiger partial charge in [-0.1, -0.05) is 13.8 Å². The summed E-state index contributed by atoms with van der Waals surface area (Å²) < 4.78 is 6.70. The average molecular weight is 281 g/mol. The molecule has 2 heterocycles. The van der Waals surface area contributed by atoms with Crippen molar-refractivity contribution in [3.63, 3.8) is 0 Å². The van der Waals surface area contributed by atoms with Gasteiger partial charge in [0.15, 0.2) is 5.78 Å². The molecule has 20 heavy (non-hydrogen) atoms. The Hall–Kier alpha value is -1.76. The van der Waals surface area contributed by atoms with Gasteiger partial charge in [-0.15, -0.1) is 0 Å². The van der Waals surface area contributed by atoms with E-state index in [4.69, 9.17) is 4.74 Å². The summed E-state index contributed by atoms with van der Waals surface area (Å²) in [5.41, 5.74) is 1.03. The zero-order valence-electron chi connectivity index (χ0n) is 11.8. The Morgan fingerprint density at radius 1 is 1.50 bits per heavy atom. The van der Waals surface area contributed by atoms with E-state index in [0.717, 1.165) is 6.42 Å². The summed E-state index contributed by atoms with van der Waals surface area (Å²) in [4.78, 5) is 22.9. The molecule has 0 radical (unpaired) electrons. The van der Waals surface area contributed by atoms with Crippen molar-refractivity contribution in [1.29, 1.82) is 0 Å². The molecule has 1 fully saturated rings. The molecule has 0 bridgehead atoms. The van der Waals surface area contributed by atoms with Gasteiger partial charge >= 0.3 is 5.69 Å². The molecule has 1 aromatic heterocycles. The SMILES string of the molecule is CCc1nn(CC(=O)C2CCOC2)c(CC)c1[N+](=O)[O-]. The fourth-order valence-electron chi connectivity index (χ4n) is 2.54. The van der Waals surface area contributed by atoms with Crippen LogP contribution in [0.2, 0.25) is 0 Å². The lowest BCUT2D eigenvalue weighted by atomic mass is 10.0. The normalized spacial score (nSPS) is 18.4. The van der Waals surface area contributed by atoms with Crippen molar-refractivity contribution in [2.24, 2.45) is 5.92 Å². The maximum atomic E-state index is 12.2. The first kappa shape index (κ1) is 14.6. The number of aryl methyl sites for hydroxylation is 1. The third-order valence-electron chi connectivity index (χ3n) is 3.64. The summed E-state index contributed by atoms with van der Waals surface area (Å²) >= 11 is 0. The lowest BCUT2D eigenvalue weighted by Gasteiger charge is -2.08. The van der Waals surface area contributed by atoms with Gasteiger partial charge in [-0.25, -0.2) is 0 Å². The van der Waals surface area contributed by atoms with E-state index in [2.05, 4.69) is 5.10 Å². The van der Waals surface area contributed by atoms with Gasteiger partial charge in [-0.3, -0.25) is 19.6 Å². The Morgan fingerprint density at radius 3 is 2.75 bits per heavy atom. The number of carbonyl (C=O) groups excluding carboxylic acids is 1. The number of ketones is 1. The number of hydrogen-bond donors (Lipinski definition) is 0. The smallest absolute Gasteiger partial charge is 0.313 e. The molecule has 1 saturated heterocycles. The largest absolute Gasteiger partial charge is 0.381 e. The molecule has 0 aliphatic carbocycles. The molecule has 0 aromatic carbocycles. The summed E-state index contributed by atoms with van der Waals surface area (Å²) in [6.45, 7) is 4.81. The molecule has 2 rings (SSSR count). The number of nitrogens with zero attached hydrogens (tertiary/aromatic N) is 3. The van der Waals surface area contributed by atoms with Crippen molar-refractivity contribution in [2.75, 3.05) is 13.2 Å². The standard InChI is InChI=1S/C13H19N3O4/c1-3-10-13(16(18)19)11(4-2)15(14-10)7-12(17)9-5-6-20-8-9/h9H,3-8H2,1-2H3. The number of aromatic nitrogens is 2. The maximum Gasteiger partial charge on any atom is 0.313 e. The Balaban J connectivity index is 2.26. The van der Waals surface area contributed by atoms with Crippen LogP contribution in [0.15, 0.2) is 0 Å². The van der Waals surface area contributed by atoms with Crippen molar-refractivity contribution < 1.29 is 14.5 Å². The predicted octanol–water partition coefficient (Wildman–Crippen LogP) is 1.52. The third kappa shape index (κ3) is 2.72. The van der Waals surface area contributed by atoms with E-state index >= 15 is 0 Å². The van der Waals surface area contributed by atoms with Crippen LogP contribution >= 0.6 is 0 Å². The molecule has 1 aliphatic heterocycles. The highest BCUT2D eigenvalue weighted by Crippen LogP contribution is 2.25. The molecule has 1 atom stereocenters. The minimum absolute atomic E-state index is 0.0391. The van der Waals surface area contributed by atoms with E-state index in [0.29, 0.717) is 37.4 Å². The summed E-state index contributed by atoms with van der Waals surface area (Å²) in [5, 5.41) is 15.4. The maximum absolute atomic E-state index is 12.2. The zero-order valence-corrected chi connectivity index (χ0v) is 11.8. The Morgan fingerprint density at radius 2 is 2.25 bits per heavy atom. The van der Waals surface area contributed by atoms with E-state index < -0.39 is 4.92 Å². The first-order valence-electron chi connectivity index (χ1n) is 6.91. The van der Waals surface area contributed by atoms with Crippen LogP contribution in [-0.4, -0.2) is 33.7 Å². The molecule has 1 aliphatic rings. The number of ether oxygens (including phenoxy) is 1. The van der Waals surface area contributed by atoms with E-state index in [1.165, 1.54) is 4.68 Å². The molecular weight excluding hydrogens is 262 g/mol. The highest BCUT2D eigenvalue weighted by molar-refractivity contribution is 5.81. The number of carbonyl (C=O) groups is 1. The van der Waals surface area contributed by atoms with Crippen molar-refractivity contribution in [3.8, 4) is 0 Å². The van der Waals surface area contributed by atoms with Gasteiger partial charge in [0.2, 0.25) is 0 Å². The molecule has 110 valence electrons. The van der Waals surface area contributed by atoms with E-state index in [1.54, 1.807) is 0 Å². The Labute approximate surface area is 117 Å². The molecule has 0 amide bonds. The van der Waals surface area contributed by atoms with Crippen LogP contribution in [0.5, 0.6) is 0 Å². The third-order valence-corrected chi connectivity index (χ3v) is 3.64. The molecule has 0 spiro atoms. The van der Waals surface area contributed by atoms with E-state index in [-0.39, 0.29) is 23.9 Å². The van der Waals surface area contributed by atoms with Crippen molar-refractivity contribution >= 4 is 11.5 Å². The van der Waals surface area contributed by atoms with Gasteiger partial charge in [0, 0.05) is 12.5 Å². The van der Waals surface area contributed by atoms with Gasteiger partial charge in [0.1, 0.15) is 17.9 Å². The second-order valence-corrected chi connectivity index (χ2v) is 4.89. The molecule has 1 unspecified atom stereocenters. The van der Waals surface area contributed by atoms with Crippen LogP contribution in [0.1, 0.15) is 31.7 Å². The second kappa shape index (κ2) is 6.13. The fraction of sp³-hybridized carbons (Fsp3) is 0.692. The van der Waals surface area contributed by atoms with Crippen LogP contribution in [0, 0.1) is 16.0 Å². The van der Waals surface area contributed by atoms with Gasteiger partial charge in [0.25, 0.3) is 0 Å². The Bertz CT molecular complexity index is 518. The van der Waals surface area contributed by atoms with Crippen molar-refractivity contribution in [2.45, 2.75) is 39.7 Å². The Kier molecular flexibility index (Phi) is 4.49. The molecule has 7 heteroatoms. The molecule has 0 N–H and O–H groups in total. The van der Waals surface area contributed by atoms with Crippen LogP contribution in [0.4, 0.5) is 5.69 Å². The number of hydrogen-bond acceptors (Lipinski definition) is 5. The highest BCUT2D eigenvalue weighted by atomic mass is 16.6. The van der Waals surface area contributed by atoms with Crippen LogP contribution < -0.4 is 0 Å². The summed E-state index contributed by atoms with van der Waals surface area (Å²) in [5.74, 6) is -0.0645. The number of rotatable bonds is 6. The summed E-state index contributed by atoms with van der Waals surface area (Å²) in [6, 6.07) is 0. The first-order valence-corrected chi connectivity index (χ1v) is 6.91. The lowest BCUT2D eigenvalue weighted by molar-refractivity contribution is -0.386. The van der Waals surface area contributed by atoms with Gasteiger partial charge < -0.3 is 4.74 Å². The first-order chi connectivity index (χ1) is 9.58. The van der Waals surface area contributed by atoms with Crippen LogP contribution in [0.25, 0.3) is 0 Å². The lowest BCUT2D eigenvalue weighted by Crippen LogP contribution is -2.22. The van der Waals surface area contributed by atoms with E-state index in [1.807, 2.05) is 13.8 Å². The molecular formula is C13H19N3O4. The zero-order chi connectivity index (χ0) is 14.7. The van der Waals surface area contributed by atoms with Crippen molar-refractivity contribution in [1.82, 2.24) is 9.78 Å². The summed E-state index contributed by atoms with van der Waals surface area (Å²) in [6.07, 6.45) is 1.69. The topological polar surface area (TPSA) is 87.3 Å². The molecule has 7 nitrogen and oxygen atoms in total. The van der Waals surface area contributed by atoms with Gasteiger partial charge in [-0.2, -0.15) is 5.10 Å². The van der Waals surface area contributed by atoms with E-state index in [9.17, 15) is 14.9 Å². The highest BCUT2D eigenvalue weighted by Gasteiger charge is 2.29. The van der Waals surface area contributed by atoms with Crippen LogP contribution in [-0.2, 0) is 28.9 Å². The fourth-order valence-corrected chi connectivity index (χ4v) is 2.54. The number of nitro groups is 1. The minimum atomic E-state index is -0.398. The molecule has 1 aromatic rings. The summed E-state index contributed by atoms with van der Waals surface area (Å²) in [7, 11) is 0. The number of Topliss-reactive ketones (excluding diaryl/α,β-unsaturated/α-hetero) is 1. The minimum Gasteiger partial charge on any atom is -0.381 e.